The van der Waals surface area contributed by atoms with Crippen molar-refractivity contribution in [1.82, 2.24) is 10.2 Å². The van der Waals surface area contributed by atoms with Crippen LogP contribution in [0.3, 0.4) is 0 Å². The molecule has 1 N–H and O–H groups in total. The maximum Gasteiger partial charge on any atom is 0.255 e. The molecule has 3 amide bonds. The van der Waals surface area contributed by atoms with Crippen LogP contribution in [0.1, 0.15) is 73.5 Å². The maximum absolute atomic E-state index is 13.0. The minimum absolute atomic E-state index is 0.0914. The van der Waals surface area contributed by atoms with E-state index in [1.165, 1.54) is 0 Å². The summed E-state index contributed by atoms with van der Waals surface area (Å²) < 4.78 is 0. The molecule has 23 heavy (non-hydrogen) atoms. The highest BCUT2D eigenvalue weighted by molar-refractivity contribution is 6.05. The quantitative estimate of drug-likeness (QED) is 0.853. The van der Waals surface area contributed by atoms with Crippen LogP contribution < -0.4 is 5.32 Å². The maximum atomic E-state index is 13.0. The van der Waals surface area contributed by atoms with Crippen molar-refractivity contribution in [3.8, 4) is 0 Å². The summed E-state index contributed by atoms with van der Waals surface area (Å²) >= 11 is 0. The minimum atomic E-state index is -0.573. The highest BCUT2D eigenvalue weighted by atomic mass is 16.2. The van der Waals surface area contributed by atoms with E-state index in [-0.39, 0.29) is 29.7 Å². The van der Waals surface area contributed by atoms with Gasteiger partial charge in [0.05, 0.1) is 6.04 Å². The second kappa shape index (κ2) is 5.80. The van der Waals surface area contributed by atoms with Crippen LogP contribution in [-0.4, -0.2) is 28.7 Å². The molecule has 2 aliphatic rings. The van der Waals surface area contributed by atoms with E-state index in [1.54, 1.807) is 4.90 Å². The van der Waals surface area contributed by atoms with Gasteiger partial charge in [-0.05, 0) is 36.8 Å². The topological polar surface area (TPSA) is 66.5 Å². The number of imide groups is 1. The van der Waals surface area contributed by atoms with E-state index in [2.05, 4.69) is 19.2 Å². The van der Waals surface area contributed by atoms with Crippen LogP contribution in [0.2, 0.25) is 0 Å². The van der Waals surface area contributed by atoms with Gasteiger partial charge in [-0.1, -0.05) is 32.0 Å². The van der Waals surface area contributed by atoms with Crippen LogP contribution in [0.25, 0.3) is 0 Å². The summed E-state index contributed by atoms with van der Waals surface area (Å²) in [6.07, 6.45) is 1.48. The summed E-state index contributed by atoms with van der Waals surface area (Å²) in [6, 6.07) is 5.19. The Kier molecular flexibility index (Phi) is 3.96. The van der Waals surface area contributed by atoms with Crippen molar-refractivity contribution in [3.05, 3.63) is 34.9 Å². The van der Waals surface area contributed by atoms with Crippen LogP contribution in [0.15, 0.2) is 18.2 Å². The van der Waals surface area contributed by atoms with Gasteiger partial charge in [-0.2, -0.15) is 0 Å². The lowest BCUT2D eigenvalue weighted by Gasteiger charge is -2.29. The Bertz CT molecular complexity index is 681. The lowest BCUT2D eigenvalue weighted by atomic mass is 9.93. The fourth-order valence-corrected chi connectivity index (χ4v) is 3.67. The average Bonchev–Trinajstić information content (AvgIpc) is 2.64. The molecule has 1 aromatic rings. The third-order valence-electron chi connectivity index (χ3n) is 4.85. The molecule has 1 fully saturated rings. The van der Waals surface area contributed by atoms with Gasteiger partial charge < -0.3 is 4.90 Å². The molecule has 0 aromatic heterocycles. The Morgan fingerprint density at radius 1 is 1.22 bits per heavy atom. The van der Waals surface area contributed by atoms with Gasteiger partial charge in [0.2, 0.25) is 11.8 Å². The number of carbonyl (C=O) groups is 3. The Morgan fingerprint density at radius 3 is 2.65 bits per heavy atom. The molecule has 2 aliphatic heterocycles. The first kappa shape index (κ1) is 15.7. The van der Waals surface area contributed by atoms with E-state index in [0.717, 1.165) is 16.7 Å². The van der Waals surface area contributed by atoms with Crippen molar-refractivity contribution < 1.29 is 14.4 Å². The zero-order valence-corrected chi connectivity index (χ0v) is 13.8. The van der Waals surface area contributed by atoms with E-state index < -0.39 is 6.04 Å². The standard InChI is InChI=1S/C18H22N2O3/c1-10(2)12-6-4-7-13-11(3)20(18(23)16(12)13)14-8-5-9-15(21)19-17(14)22/h4,6-7,10-11,14H,5,8-9H2,1-3H3,(H,19,21,22). The highest BCUT2D eigenvalue weighted by Crippen LogP contribution is 2.39. The summed E-state index contributed by atoms with van der Waals surface area (Å²) in [5.74, 6) is -0.458. The average molecular weight is 314 g/mol. The zero-order chi connectivity index (χ0) is 16.7. The van der Waals surface area contributed by atoms with Gasteiger partial charge in [0, 0.05) is 12.0 Å². The lowest BCUT2D eigenvalue weighted by Crippen LogP contribution is -2.48. The molecule has 5 heteroatoms. The molecule has 0 bridgehead atoms. The van der Waals surface area contributed by atoms with Crippen molar-refractivity contribution in [2.24, 2.45) is 0 Å². The van der Waals surface area contributed by atoms with Crippen molar-refractivity contribution in [3.63, 3.8) is 0 Å². The summed E-state index contributed by atoms with van der Waals surface area (Å²) in [5, 5.41) is 2.40. The van der Waals surface area contributed by atoms with E-state index in [1.807, 2.05) is 25.1 Å². The number of nitrogens with one attached hydrogen (secondary N) is 1. The summed E-state index contributed by atoms with van der Waals surface area (Å²) in [5.41, 5.74) is 2.73. The monoisotopic (exact) mass is 314 g/mol. The number of amides is 3. The number of carbonyl (C=O) groups excluding carboxylic acids is 3. The molecule has 122 valence electrons. The van der Waals surface area contributed by atoms with E-state index in [4.69, 9.17) is 0 Å². The van der Waals surface area contributed by atoms with E-state index in [0.29, 0.717) is 19.3 Å². The molecule has 5 nitrogen and oxygen atoms in total. The lowest BCUT2D eigenvalue weighted by molar-refractivity contribution is -0.132. The van der Waals surface area contributed by atoms with Crippen molar-refractivity contribution in [2.45, 2.75) is 58.0 Å². The number of hydrogen-bond acceptors (Lipinski definition) is 3. The van der Waals surface area contributed by atoms with Crippen LogP contribution in [0.5, 0.6) is 0 Å². The van der Waals surface area contributed by atoms with Crippen LogP contribution >= 0.6 is 0 Å². The largest absolute Gasteiger partial charge is 0.320 e. The van der Waals surface area contributed by atoms with Crippen LogP contribution in [0.4, 0.5) is 0 Å². The molecule has 0 saturated carbocycles. The SMILES string of the molecule is CC(C)c1cccc2c1C(=O)N(C1CCCC(=O)NC1=O)C2C. The summed E-state index contributed by atoms with van der Waals surface area (Å²) in [6.45, 7) is 6.08. The van der Waals surface area contributed by atoms with Crippen molar-refractivity contribution in [2.75, 3.05) is 0 Å². The van der Waals surface area contributed by atoms with Gasteiger partial charge in [-0.3, -0.25) is 19.7 Å². The molecular weight excluding hydrogens is 292 g/mol. The van der Waals surface area contributed by atoms with Crippen molar-refractivity contribution >= 4 is 17.7 Å². The number of rotatable bonds is 2. The summed E-state index contributed by atoms with van der Waals surface area (Å²) in [7, 11) is 0. The number of nitrogens with zero attached hydrogens (tertiary/aromatic N) is 1. The van der Waals surface area contributed by atoms with E-state index >= 15 is 0 Å². The molecular formula is C18H22N2O3. The molecule has 1 saturated heterocycles. The molecule has 2 atom stereocenters. The first-order valence-corrected chi connectivity index (χ1v) is 8.21. The van der Waals surface area contributed by atoms with Gasteiger partial charge in [0.25, 0.3) is 5.91 Å². The number of benzene rings is 1. The predicted molar refractivity (Wildman–Crippen MR) is 85.9 cm³/mol. The van der Waals surface area contributed by atoms with Gasteiger partial charge in [-0.25, -0.2) is 0 Å². The first-order valence-electron chi connectivity index (χ1n) is 8.21. The minimum Gasteiger partial charge on any atom is -0.320 e. The Morgan fingerprint density at radius 2 is 1.96 bits per heavy atom. The molecule has 3 rings (SSSR count). The number of hydrogen-bond donors (Lipinski definition) is 1. The highest BCUT2D eigenvalue weighted by Gasteiger charge is 2.43. The van der Waals surface area contributed by atoms with Crippen molar-refractivity contribution in [1.29, 1.82) is 0 Å². The Labute approximate surface area is 136 Å². The molecule has 1 aromatic carbocycles. The fraction of sp³-hybridized carbons (Fsp3) is 0.500. The normalized spacial score (nSPS) is 24.7. The van der Waals surface area contributed by atoms with Crippen LogP contribution in [-0.2, 0) is 9.59 Å². The first-order chi connectivity index (χ1) is 10.9. The van der Waals surface area contributed by atoms with Gasteiger partial charge >= 0.3 is 0 Å². The zero-order valence-electron chi connectivity index (χ0n) is 13.8. The molecule has 0 spiro atoms. The second-order valence-corrected chi connectivity index (χ2v) is 6.68. The second-order valence-electron chi connectivity index (χ2n) is 6.68. The smallest absolute Gasteiger partial charge is 0.255 e. The van der Waals surface area contributed by atoms with Gasteiger partial charge in [-0.15, -0.1) is 0 Å². The van der Waals surface area contributed by atoms with Gasteiger partial charge in [0.15, 0.2) is 0 Å². The summed E-state index contributed by atoms with van der Waals surface area (Å²) in [4.78, 5) is 38.6. The molecule has 0 aliphatic carbocycles. The molecule has 2 heterocycles. The predicted octanol–water partition coefficient (Wildman–Crippen LogP) is 2.52. The Hall–Kier alpha value is -2.17. The number of fused-ring (bicyclic) bond motifs is 1. The third kappa shape index (κ3) is 2.54. The van der Waals surface area contributed by atoms with E-state index in [9.17, 15) is 14.4 Å². The fourth-order valence-electron chi connectivity index (χ4n) is 3.67. The molecule has 2 unspecified atom stereocenters. The third-order valence-corrected chi connectivity index (χ3v) is 4.85. The molecule has 0 radical (unpaired) electrons. The van der Waals surface area contributed by atoms with Crippen LogP contribution in [0, 0.1) is 0 Å². The van der Waals surface area contributed by atoms with Gasteiger partial charge in [0.1, 0.15) is 6.04 Å². The Balaban J connectivity index is 2.00.